The van der Waals surface area contributed by atoms with Gasteiger partial charge < -0.3 is 11.1 Å². The van der Waals surface area contributed by atoms with E-state index in [-0.39, 0.29) is 11.6 Å². The second kappa shape index (κ2) is 5.10. The van der Waals surface area contributed by atoms with Gasteiger partial charge >= 0.3 is 0 Å². The smallest absolute Gasteiger partial charge is 0.161 e. The van der Waals surface area contributed by atoms with Crippen LogP contribution in [-0.2, 0) is 0 Å². The average Bonchev–Trinajstić information content (AvgIpc) is 2.36. The molecular formula is C15H15FN2O. The molecule has 98 valence electrons. The van der Waals surface area contributed by atoms with Crippen LogP contribution in [-0.4, -0.2) is 5.78 Å². The highest BCUT2D eigenvalue weighted by atomic mass is 19.1. The van der Waals surface area contributed by atoms with Crippen molar-refractivity contribution in [3.63, 3.8) is 0 Å². The number of hydrogen-bond donors (Lipinski definition) is 2. The van der Waals surface area contributed by atoms with Crippen molar-refractivity contribution < 1.29 is 9.18 Å². The number of benzene rings is 2. The first-order chi connectivity index (χ1) is 8.97. The van der Waals surface area contributed by atoms with Crippen molar-refractivity contribution in [1.29, 1.82) is 0 Å². The maximum absolute atomic E-state index is 13.2. The van der Waals surface area contributed by atoms with E-state index in [0.717, 1.165) is 11.4 Å². The number of ketones is 1. The van der Waals surface area contributed by atoms with Gasteiger partial charge in [0.15, 0.2) is 5.78 Å². The van der Waals surface area contributed by atoms with E-state index in [1.165, 1.54) is 13.0 Å². The molecule has 0 fully saturated rings. The van der Waals surface area contributed by atoms with Crippen LogP contribution in [0.5, 0.6) is 0 Å². The molecule has 0 spiro atoms. The number of aryl methyl sites for hydroxylation is 1. The Morgan fingerprint density at radius 3 is 2.42 bits per heavy atom. The van der Waals surface area contributed by atoms with Gasteiger partial charge in [-0.05, 0) is 55.8 Å². The van der Waals surface area contributed by atoms with Crippen molar-refractivity contribution >= 4 is 22.8 Å². The predicted octanol–water partition coefficient (Wildman–Crippen LogP) is 3.66. The summed E-state index contributed by atoms with van der Waals surface area (Å²) in [6, 6.07) is 9.90. The second-order valence-electron chi connectivity index (χ2n) is 4.45. The lowest BCUT2D eigenvalue weighted by Crippen LogP contribution is -2.01. The molecule has 19 heavy (non-hydrogen) atoms. The van der Waals surface area contributed by atoms with Crippen molar-refractivity contribution in [3.05, 3.63) is 53.3 Å². The molecule has 2 rings (SSSR count). The quantitative estimate of drug-likeness (QED) is 0.652. The highest BCUT2D eigenvalue weighted by Gasteiger charge is 2.06. The van der Waals surface area contributed by atoms with Crippen LogP contribution in [0, 0.1) is 12.7 Å². The van der Waals surface area contributed by atoms with Gasteiger partial charge in [0.25, 0.3) is 0 Å². The normalized spacial score (nSPS) is 10.3. The zero-order valence-electron chi connectivity index (χ0n) is 10.8. The molecule has 0 unspecified atom stereocenters. The summed E-state index contributed by atoms with van der Waals surface area (Å²) in [5.41, 5.74) is 8.72. The van der Waals surface area contributed by atoms with Crippen molar-refractivity contribution in [1.82, 2.24) is 0 Å². The third-order valence-electron chi connectivity index (χ3n) is 2.88. The zero-order valence-corrected chi connectivity index (χ0v) is 10.8. The molecule has 0 aromatic heterocycles. The number of hydrogen-bond acceptors (Lipinski definition) is 3. The van der Waals surface area contributed by atoms with E-state index in [1.807, 2.05) is 0 Å². The first-order valence-electron chi connectivity index (χ1n) is 5.91. The van der Waals surface area contributed by atoms with Gasteiger partial charge in [0.05, 0.1) is 0 Å². The SMILES string of the molecule is CC(=O)c1cc(Nc2ccc(F)c(C)c2)ccc1N. The minimum Gasteiger partial charge on any atom is -0.398 e. The average molecular weight is 258 g/mol. The number of halogens is 1. The third kappa shape index (κ3) is 2.91. The number of anilines is 3. The van der Waals surface area contributed by atoms with Crippen LogP contribution in [0.1, 0.15) is 22.8 Å². The molecule has 0 saturated heterocycles. The lowest BCUT2D eigenvalue weighted by molar-refractivity contribution is 0.101. The minimum absolute atomic E-state index is 0.0866. The fourth-order valence-corrected chi connectivity index (χ4v) is 1.83. The molecule has 0 aliphatic rings. The minimum atomic E-state index is -0.243. The van der Waals surface area contributed by atoms with Gasteiger partial charge in [-0.25, -0.2) is 4.39 Å². The van der Waals surface area contributed by atoms with Gasteiger partial charge in [-0.1, -0.05) is 0 Å². The largest absolute Gasteiger partial charge is 0.398 e. The number of rotatable bonds is 3. The molecule has 0 saturated carbocycles. The Kier molecular flexibility index (Phi) is 3.51. The number of nitrogens with one attached hydrogen (secondary N) is 1. The number of carbonyl (C=O) groups is 1. The van der Waals surface area contributed by atoms with Crippen LogP contribution in [0.2, 0.25) is 0 Å². The Morgan fingerprint density at radius 2 is 1.79 bits per heavy atom. The lowest BCUT2D eigenvalue weighted by atomic mass is 10.1. The fraction of sp³-hybridized carbons (Fsp3) is 0.133. The summed E-state index contributed by atoms with van der Waals surface area (Å²) in [6.45, 7) is 3.17. The highest BCUT2D eigenvalue weighted by molar-refractivity contribution is 6.00. The summed E-state index contributed by atoms with van der Waals surface area (Å²) < 4.78 is 13.2. The summed E-state index contributed by atoms with van der Waals surface area (Å²) in [6.07, 6.45) is 0. The van der Waals surface area contributed by atoms with E-state index < -0.39 is 0 Å². The standard InChI is InChI=1S/C15H15FN2O/c1-9-7-11(3-5-14(9)16)18-12-4-6-15(17)13(8-12)10(2)19/h3-8,18H,17H2,1-2H3. The molecule has 0 atom stereocenters. The van der Waals surface area contributed by atoms with Crippen LogP contribution >= 0.6 is 0 Å². The van der Waals surface area contributed by atoms with Crippen LogP contribution < -0.4 is 11.1 Å². The molecule has 0 heterocycles. The molecule has 4 heteroatoms. The lowest BCUT2D eigenvalue weighted by Gasteiger charge is -2.10. The molecule has 0 aliphatic heterocycles. The Balaban J connectivity index is 2.30. The molecule has 0 aliphatic carbocycles. The third-order valence-corrected chi connectivity index (χ3v) is 2.88. The van der Waals surface area contributed by atoms with E-state index in [1.54, 1.807) is 37.3 Å². The number of Topliss-reactive ketones (excluding diaryl/α,β-unsaturated/α-hetero) is 1. The van der Waals surface area contributed by atoms with Gasteiger partial charge in [-0.2, -0.15) is 0 Å². The Bertz CT molecular complexity index is 638. The fourth-order valence-electron chi connectivity index (χ4n) is 1.83. The summed E-state index contributed by atoms with van der Waals surface area (Å²) in [4.78, 5) is 11.4. The molecule has 2 aromatic rings. The molecule has 0 radical (unpaired) electrons. The van der Waals surface area contributed by atoms with Crippen LogP contribution in [0.3, 0.4) is 0 Å². The van der Waals surface area contributed by atoms with E-state index in [4.69, 9.17) is 5.73 Å². The molecule has 0 amide bonds. The number of nitrogens with two attached hydrogens (primary N) is 1. The Labute approximate surface area is 111 Å². The first kappa shape index (κ1) is 13.1. The van der Waals surface area contributed by atoms with Gasteiger partial charge in [-0.3, -0.25) is 4.79 Å². The van der Waals surface area contributed by atoms with Crippen LogP contribution in [0.4, 0.5) is 21.5 Å². The molecule has 3 N–H and O–H groups in total. The highest BCUT2D eigenvalue weighted by Crippen LogP contribution is 2.23. The van der Waals surface area contributed by atoms with Crippen molar-refractivity contribution in [2.24, 2.45) is 0 Å². The summed E-state index contributed by atoms with van der Waals surface area (Å²) in [7, 11) is 0. The summed E-state index contributed by atoms with van der Waals surface area (Å²) >= 11 is 0. The molecule has 2 aromatic carbocycles. The van der Waals surface area contributed by atoms with Gasteiger partial charge in [0, 0.05) is 22.6 Å². The van der Waals surface area contributed by atoms with Crippen molar-refractivity contribution in [3.8, 4) is 0 Å². The van der Waals surface area contributed by atoms with Crippen LogP contribution in [0.15, 0.2) is 36.4 Å². The maximum atomic E-state index is 13.2. The second-order valence-corrected chi connectivity index (χ2v) is 4.45. The maximum Gasteiger partial charge on any atom is 0.161 e. The first-order valence-corrected chi connectivity index (χ1v) is 5.91. The van der Waals surface area contributed by atoms with E-state index in [9.17, 15) is 9.18 Å². The van der Waals surface area contributed by atoms with Crippen LogP contribution in [0.25, 0.3) is 0 Å². The number of nitrogen functional groups attached to an aromatic ring is 1. The monoisotopic (exact) mass is 258 g/mol. The molecule has 3 nitrogen and oxygen atoms in total. The Morgan fingerprint density at radius 1 is 1.16 bits per heavy atom. The molecule has 0 bridgehead atoms. The van der Waals surface area contributed by atoms with Gasteiger partial charge in [0.1, 0.15) is 5.82 Å². The summed E-state index contributed by atoms with van der Waals surface area (Å²) in [5, 5.41) is 3.12. The van der Waals surface area contributed by atoms with E-state index in [0.29, 0.717) is 16.8 Å². The molecular weight excluding hydrogens is 243 g/mol. The van der Waals surface area contributed by atoms with Gasteiger partial charge in [-0.15, -0.1) is 0 Å². The topological polar surface area (TPSA) is 55.1 Å². The Hall–Kier alpha value is -2.36. The summed E-state index contributed by atoms with van der Waals surface area (Å²) in [5.74, 6) is -0.330. The van der Waals surface area contributed by atoms with E-state index >= 15 is 0 Å². The zero-order chi connectivity index (χ0) is 14.0. The van der Waals surface area contributed by atoms with Crippen molar-refractivity contribution in [2.45, 2.75) is 13.8 Å². The predicted molar refractivity (Wildman–Crippen MR) is 75.3 cm³/mol. The van der Waals surface area contributed by atoms with Gasteiger partial charge in [0.2, 0.25) is 0 Å². The van der Waals surface area contributed by atoms with Crippen molar-refractivity contribution in [2.75, 3.05) is 11.1 Å². The van der Waals surface area contributed by atoms with E-state index in [2.05, 4.69) is 5.32 Å². The number of carbonyl (C=O) groups excluding carboxylic acids is 1.